The monoisotopic (exact) mass is 156 g/mol. The summed E-state index contributed by atoms with van der Waals surface area (Å²) in [5.74, 6) is -0.141. The second-order valence-electron chi connectivity index (χ2n) is 2.34. The van der Waals surface area contributed by atoms with E-state index in [0.29, 0.717) is 0 Å². The van der Waals surface area contributed by atoms with Crippen molar-refractivity contribution >= 4 is 9.24 Å². The molecule has 1 atom stereocenters. The molecular weight excluding hydrogens is 146 g/mol. The van der Waals surface area contributed by atoms with Crippen LogP contribution in [0.3, 0.4) is 0 Å². The Hall–Kier alpha value is -0.420. The standard InChI is InChI=1S/C8H10FP/c1-6-2-7(5-10)4-8(9)3-6/h2-4H,5,10H2,1H3. The average molecular weight is 156 g/mol. The van der Waals surface area contributed by atoms with E-state index in [4.69, 9.17) is 0 Å². The first-order chi connectivity index (χ1) is 4.72. The summed E-state index contributed by atoms with van der Waals surface area (Å²) in [7, 11) is 2.57. The Morgan fingerprint density at radius 3 is 2.60 bits per heavy atom. The summed E-state index contributed by atoms with van der Waals surface area (Å²) in [6.45, 7) is 1.90. The van der Waals surface area contributed by atoms with Gasteiger partial charge in [-0.3, -0.25) is 0 Å². The minimum atomic E-state index is -0.141. The third kappa shape index (κ3) is 1.78. The zero-order chi connectivity index (χ0) is 7.56. The van der Waals surface area contributed by atoms with E-state index in [1.165, 1.54) is 6.07 Å². The molecule has 0 radical (unpaired) electrons. The van der Waals surface area contributed by atoms with Gasteiger partial charge in [0, 0.05) is 0 Å². The van der Waals surface area contributed by atoms with E-state index in [1.807, 2.05) is 13.0 Å². The fourth-order valence-electron chi connectivity index (χ4n) is 0.930. The number of hydrogen-bond donors (Lipinski definition) is 0. The third-order valence-corrected chi connectivity index (χ3v) is 1.81. The lowest BCUT2D eigenvalue weighted by Crippen LogP contribution is -1.82. The first-order valence-electron chi connectivity index (χ1n) is 3.18. The fourth-order valence-corrected chi connectivity index (χ4v) is 1.17. The molecule has 0 spiro atoms. The molecular formula is C8H10FP. The smallest absolute Gasteiger partial charge is 0.123 e. The molecule has 0 saturated heterocycles. The lowest BCUT2D eigenvalue weighted by atomic mass is 10.1. The van der Waals surface area contributed by atoms with Crippen LogP contribution in [0.5, 0.6) is 0 Å². The topological polar surface area (TPSA) is 0 Å². The summed E-state index contributed by atoms with van der Waals surface area (Å²) in [6.07, 6.45) is 0.818. The van der Waals surface area contributed by atoms with E-state index < -0.39 is 0 Å². The normalized spacial score (nSPS) is 9.90. The van der Waals surface area contributed by atoms with Gasteiger partial charge in [0.25, 0.3) is 0 Å². The quantitative estimate of drug-likeness (QED) is 0.548. The van der Waals surface area contributed by atoms with Crippen LogP contribution in [0.15, 0.2) is 18.2 Å². The number of hydrogen-bond acceptors (Lipinski definition) is 0. The van der Waals surface area contributed by atoms with Gasteiger partial charge in [-0.25, -0.2) is 4.39 Å². The molecule has 1 aromatic rings. The molecule has 1 aromatic carbocycles. The van der Waals surface area contributed by atoms with Gasteiger partial charge in [-0.2, -0.15) is 0 Å². The van der Waals surface area contributed by atoms with Gasteiger partial charge in [0.05, 0.1) is 0 Å². The minimum Gasteiger partial charge on any atom is -0.207 e. The Bertz CT molecular complexity index is 212. The average Bonchev–Trinajstić information content (AvgIpc) is 1.85. The summed E-state index contributed by atoms with van der Waals surface area (Å²) in [5, 5.41) is 0. The Kier molecular flexibility index (Phi) is 2.39. The first kappa shape index (κ1) is 7.68. The van der Waals surface area contributed by atoms with Crippen LogP contribution in [0.1, 0.15) is 11.1 Å². The molecule has 0 aliphatic heterocycles. The molecule has 0 N–H and O–H groups in total. The number of benzene rings is 1. The highest BCUT2D eigenvalue weighted by Gasteiger charge is 1.94. The highest BCUT2D eigenvalue weighted by Crippen LogP contribution is 2.10. The van der Waals surface area contributed by atoms with Gasteiger partial charge < -0.3 is 0 Å². The van der Waals surface area contributed by atoms with Crippen molar-refractivity contribution in [3.8, 4) is 0 Å². The van der Waals surface area contributed by atoms with E-state index in [-0.39, 0.29) is 5.82 Å². The van der Waals surface area contributed by atoms with Gasteiger partial charge in [-0.05, 0) is 36.3 Å². The second-order valence-corrected chi connectivity index (χ2v) is 2.75. The maximum atomic E-state index is 12.6. The Balaban J connectivity index is 3.06. The molecule has 0 heterocycles. The van der Waals surface area contributed by atoms with Gasteiger partial charge in [0.2, 0.25) is 0 Å². The molecule has 0 nitrogen and oxygen atoms in total. The predicted octanol–water partition coefficient (Wildman–Crippen LogP) is 2.51. The molecule has 54 valence electrons. The SMILES string of the molecule is Cc1cc(F)cc(CP)c1. The van der Waals surface area contributed by atoms with Gasteiger partial charge in [-0.15, -0.1) is 9.24 Å². The van der Waals surface area contributed by atoms with E-state index in [2.05, 4.69) is 9.24 Å². The molecule has 0 aliphatic rings. The number of aryl methyl sites for hydroxylation is 1. The van der Waals surface area contributed by atoms with Gasteiger partial charge in [-0.1, -0.05) is 6.07 Å². The molecule has 0 aliphatic carbocycles. The van der Waals surface area contributed by atoms with Gasteiger partial charge in [0.1, 0.15) is 5.82 Å². The van der Waals surface area contributed by atoms with Gasteiger partial charge >= 0.3 is 0 Å². The maximum absolute atomic E-state index is 12.6. The van der Waals surface area contributed by atoms with E-state index in [1.54, 1.807) is 6.07 Å². The van der Waals surface area contributed by atoms with Crippen molar-refractivity contribution in [2.24, 2.45) is 0 Å². The van der Waals surface area contributed by atoms with E-state index in [0.717, 1.165) is 17.3 Å². The van der Waals surface area contributed by atoms with Crippen LogP contribution in [0.2, 0.25) is 0 Å². The zero-order valence-electron chi connectivity index (χ0n) is 5.89. The summed E-state index contributed by atoms with van der Waals surface area (Å²) in [4.78, 5) is 0. The molecule has 2 heteroatoms. The zero-order valence-corrected chi connectivity index (χ0v) is 7.05. The van der Waals surface area contributed by atoms with Crippen molar-refractivity contribution in [2.45, 2.75) is 13.1 Å². The van der Waals surface area contributed by atoms with Gasteiger partial charge in [0.15, 0.2) is 0 Å². The molecule has 0 aromatic heterocycles. The first-order valence-corrected chi connectivity index (χ1v) is 4.00. The number of halogens is 1. The molecule has 0 saturated carbocycles. The summed E-state index contributed by atoms with van der Waals surface area (Å²) in [5.41, 5.74) is 2.01. The van der Waals surface area contributed by atoms with Crippen molar-refractivity contribution in [2.75, 3.05) is 0 Å². The summed E-state index contributed by atoms with van der Waals surface area (Å²) in [6, 6.07) is 5.07. The number of rotatable bonds is 1. The molecule has 1 unspecified atom stereocenters. The van der Waals surface area contributed by atoms with Crippen LogP contribution in [0.25, 0.3) is 0 Å². The highest BCUT2D eigenvalue weighted by atomic mass is 31.0. The van der Waals surface area contributed by atoms with Crippen LogP contribution in [-0.2, 0) is 6.16 Å². The van der Waals surface area contributed by atoms with Crippen molar-refractivity contribution in [1.82, 2.24) is 0 Å². The Morgan fingerprint density at radius 2 is 2.10 bits per heavy atom. The lowest BCUT2D eigenvalue weighted by Gasteiger charge is -1.97. The largest absolute Gasteiger partial charge is 0.207 e. The van der Waals surface area contributed by atoms with Crippen molar-refractivity contribution in [3.05, 3.63) is 35.1 Å². The minimum absolute atomic E-state index is 0.141. The van der Waals surface area contributed by atoms with Crippen LogP contribution < -0.4 is 0 Å². The Morgan fingerprint density at radius 1 is 1.40 bits per heavy atom. The van der Waals surface area contributed by atoms with Crippen molar-refractivity contribution in [1.29, 1.82) is 0 Å². The van der Waals surface area contributed by atoms with E-state index in [9.17, 15) is 4.39 Å². The fraction of sp³-hybridized carbons (Fsp3) is 0.250. The van der Waals surface area contributed by atoms with Crippen LogP contribution >= 0.6 is 9.24 Å². The van der Waals surface area contributed by atoms with Crippen molar-refractivity contribution in [3.63, 3.8) is 0 Å². The maximum Gasteiger partial charge on any atom is 0.123 e. The second kappa shape index (κ2) is 3.12. The summed E-state index contributed by atoms with van der Waals surface area (Å²) >= 11 is 0. The van der Waals surface area contributed by atoms with Crippen LogP contribution in [0.4, 0.5) is 4.39 Å². The summed E-state index contributed by atoms with van der Waals surface area (Å²) < 4.78 is 12.6. The Labute approximate surface area is 62.7 Å². The molecule has 0 bridgehead atoms. The molecule has 0 fully saturated rings. The van der Waals surface area contributed by atoms with Crippen molar-refractivity contribution < 1.29 is 4.39 Å². The molecule has 10 heavy (non-hydrogen) atoms. The lowest BCUT2D eigenvalue weighted by molar-refractivity contribution is 0.625. The van der Waals surface area contributed by atoms with Crippen LogP contribution in [-0.4, -0.2) is 0 Å². The molecule has 1 rings (SSSR count). The van der Waals surface area contributed by atoms with Crippen LogP contribution in [0, 0.1) is 12.7 Å². The van der Waals surface area contributed by atoms with E-state index >= 15 is 0 Å². The highest BCUT2D eigenvalue weighted by molar-refractivity contribution is 7.15. The molecule has 0 amide bonds. The predicted molar refractivity (Wildman–Crippen MR) is 44.6 cm³/mol. The third-order valence-electron chi connectivity index (χ3n) is 1.34.